The number of carbonyl (C=O) groups is 1. The number of pyridine rings is 1. The predicted molar refractivity (Wildman–Crippen MR) is 74.1 cm³/mol. The van der Waals surface area contributed by atoms with Gasteiger partial charge in [-0.2, -0.15) is 0 Å². The Morgan fingerprint density at radius 3 is 2.84 bits per heavy atom. The van der Waals surface area contributed by atoms with Crippen LogP contribution in [0.4, 0.5) is 11.5 Å². The maximum absolute atomic E-state index is 12.0. The van der Waals surface area contributed by atoms with Crippen molar-refractivity contribution in [3.8, 4) is 0 Å². The molecule has 0 unspecified atom stereocenters. The van der Waals surface area contributed by atoms with E-state index in [1.54, 1.807) is 12.3 Å². The molecule has 2 heterocycles. The van der Waals surface area contributed by atoms with Gasteiger partial charge in [-0.1, -0.05) is 0 Å². The molecule has 6 heteroatoms. The number of rotatable bonds is 4. The van der Waals surface area contributed by atoms with Gasteiger partial charge in [0.2, 0.25) is 0 Å². The van der Waals surface area contributed by atoms with Gasteiger partial charge in [-0.15, -0.1) is 0 Å². The Hall–Kier alpha value is -1.66. The van der Waals surface area contributed by atoms with E-state index in [-0.39, 0.29) is 12.0 Å². The smallest absolute Gasteiger partial charge is 0.254 e. The first-order valence-corrected chi connectivity index (χ1v) is 6.40. The Morgan fingerprint density at radius 1 is 1.53 bits per heavy atom. The molecule has 0 spiro atoms. The van der Waals surface area contributed by atoms with Crippen LogP contribution in [0.2, 0.25) is 0 Å². The number of ether oxygens (including phenoxy) is 1. The lowest BCUT2D eigenvalue weighted by atomic mass is 10.2. The lowest BCUT2D eigenvalue weighted by Gasteiger charge is -2.14. The van der Waals surface area contributed by atoms with Gasteiger partial charge < -0.3 is 20.7 Å². The summed E-state index contributed by atoms with van der Waals surface area (Å²) in [6.45, 7) is 0.458. The summed E-state index contributed by atoms with van der Waals surface area (Å²) >= 11 is 0. The Kier molecular flexibility index (Phi) is 4.34. The van der Waals surface area contributed by atoms with Crippen molar-refractivity contribution in [2.24, 2.45) is 5.73 Å². The summed E-state index contributed by atoms with van der Waals surface area (Å²) in [5, 5.41) is 2.76. The fourth-order valence-corrected chi connectivity index (χ4v) is 2.00. The van der Waals surface area contributed by atoms with Gasteiger partial charge in [-0.3, -0.25) is 4.79 Å². The molecule has 0 aromatic carbocycles. The van der Waals surface area contributed by atoms with Gasteiger partial charge >= 0.3 is 0 Å². The quantitative estimate of drug-likeness (QED) is 0.832. The van der Waals surface area contributed by atoms with E-state index in [0.29, 0.717) is 18.8 Å². The molecule has 3 N–H and O–H groups in total. The number of anilines is 2. The van der Waals surface area contributed by atoms with E-state index in [2.05, 4.69) is 10.3 Å². The van der Waals surface area contributed by atoms with E-state index in [0.717, 1.165) is 12.1 Å². The van der Waals surface area contributed by atoms with Crippen molar-refractivity contribution in [2.75, 3.05) is 30.9 Å². The average Bonchev–Trinajstić information content (AvgIpc) is 2.88. The van der Waals surface area contributed by atoms with Crippen molar-refractivity contribution in [1.82, 2.24) is 4.98 Å². The molecule has 1 saturated heterocycles. The van der Waals surface area contributed by atoms with Crippen LogP contribution in [0.5, 0.6) is 0 Å². The SMILES string of the molecule is CN(C)c1ccc(NC(=O)[C@@H]2CC[C@H](CN)O2)nc1. The Balaban J connectivity index is 1.92. The van der Waals surface area contributed by atoms with Gasteiger partial charge in [-0.05, 0) is 25.0 Å². The largest absolute Gasteiger partial charge is 0.376 e. The number of amides is 1. The highest BCUT2D eigenvalue weighted by Crippen LogP contribution is 2.20. The molecule has 0 bridgehead atoms. The number of carbonyl (C=O) groups excluding carboxylic acids is 1. The zero-order valence-corrected chi connectivity index (χ0v) is 11.3. The highest BCUT2D eigenvalue weighted by Gasteiger charge is 2.29. The Labute approximate surface area is 112 Å². The molecule has 0 aliphatic carbocycles. The van der Waals surface area contributed by atoms with Crippen LogP contribution in [0.1, 0.15) is 12.8 Å². The number of nitrogens with one attached hydrogen (secondary N) is 1. The number of nitrogens with two attached hydrogens (primary N) is 1. The van der Waals surface area contributed by atoms with E-state index < -0.39 is 6.10 Å². The van der Waals surface area contributed by atoms with Gasteiger partial charge in [-0.25, -0.2) is 4.98 Å². The minimum absolute atomic E-state index is 0.000161. The predicted octanol–water partition coefficient (Wildman–Crippen LogP) is 0.592. The maximum Gasteiger partial charge on any atom is 0.254 e. The number of hydrogen-bond acceptors (Lipinski definition) is 5. The highest BCUT2D eigenvalue weighted by atomic mass is 16.5. The third kappa shape index (κ3) is 3.42. The van der Waals surface area contributed by atoms with Gasteiger partial charge in [0.05, 0.1) is 18.0 Å². The molecular weight excluding hydrogens is 244 g/mol. The van der Waals surface area contributed by atoms with Gasteiger partial charge in [0.15, 0.2) is 0 Å². The molecule has 1 aliphatic heterocycles. The molecule has 6 nitrogen and oxygen atoms in total. The second-order valence-corrected chi connectivity index (χ2v) is 4.85. The molecule has 1 fully saturated rings. The molecule has 1 aliphatic rings. The zero-order valence-electron chi connectivity index (χ0n) is 11.3. The summed E-state index contributed by atoms with van der Waals surface area (Å²) < 4.78 is 5.53. The van der Waals surface area contributed by atoms with E-state index in [1.807, 2.05) is 25.1 Å². The molecule has 0 radical (unpaired) electrons. The number of aromatic nitrogens is 1. The lowest BCUT2D eigenvalue weighted by Crippen LogP contribution is -2.30. The van der Waals surface area contributed by atoms with Crippen LogP contribution in [0.15, 0.2) is 18.3 Å². The third-order valence-electron chi connectivity index (χ3n) is 3.18. The molecule has 2 rings (SSSR count). The van der Waals surface area contributed by atoms with E-state index in [1.165, 1.54) is 0 Å². The standard InChI is InChI=1S/C13H20N4O2/c1-17(2)9-3-6-12(15-8-9)16-13(18)11-5-4-10(7-14)19-11/h3,6,8,10-11H,4-5,7,14H2,1-2H3,(H,15,16,18)/t10-,11+/m1/s1. The first-order valence-electron chi connectivity index (χ1n) is 6.40. The molecule has 1 aromatic rings. The monoisotopic (exact) mass is 264 g/mol. The molecule has 104 valence electrons. The fraction of sp³-hybridized carbons (Fsp3) is 0.538. The lowest BCUT2D eigenvalue weighted by molar-refractivity contribution is -0.126. The summed E-state index contributed by atoms with van der Waals surface area (Å²) in [6.07, 6.45) is 2.85. The van der Waals surface area contributed by atoms with Crippen LogP contribution in [-0.4, -0.2) is 43.7 Å². The summed E-state index contributed by atoms with van der Waals surface area (Å²) in [7, 11) is 3.88. The second-order valence-electron chi connectivity index (χ2n) is 4.85. The second kappa shape index (κ2) is 5.99. The summed E-state index contributed by atoms with van der Waals surface area (Å²) in [5.74, 6) is 0.386. The van der Waals surface area contributed by atoms with Gasteiger partial charge in [0.25, 0.3) is 5.91 Å². The Morgan fingerprint density at radius 2 is 2.32 bits per heavy atom. The van der Waals surface area contributed by atoms with Crippen LogP contribution >= 0.6 is 0 Å². The van der Waals surface area contributed by atoms with E-state index in [9.17, 15) is 4.79 Å². The first-order chi connectivity index (χ1) is 9.10. The summed E-state index contributed by atoms with van der Waals surface area (Å²) in [5.41, 5.74) is 6.50. The van der Waals surface area contributed by atoms with Crippen molar-refractivity contribution in [1.29, 1.82) is 0 Å². The van der Waals surface area contributed by atoms with Crippen LogP contribution in [0.25, 0.3) is 0 Å². The highest BCUT2D eigenvalue weighted by molar-refractivity contribution is 5.93. The third-order valence-corrected chi connectivity index (χ3v) is 3.18. The molecule has 1 amide bonds. The normalized spacial score (nSPS) is 22.3. The first kappa shape index (κ1) is 13.8. The van der Waals surface area contributed by atoms with Crippen molar-refractivity contribution >= 4 is 17.4 Å². The zero-order chi connectivity index (χ0) is 13.8. The van der Waals surface area contributed by atoms with Crippen LogP contribution in [0.3, 0.4) is 0 Å². The Bertz CT molecular complexity index is 433. The molecule has 19 heavy (non-hydrogen) atoms. The molecular formula is C13H20N4O2. The van der Waals surface area contributed by atoms with Crippen molar-refractivity contribution in [3.05, 3.63) is 18.3 Å². The average molecular weight is 264 g/mol. The number of hydrogen-bond donors (Lipinski definition) is 2. The van der Waals surface area contributed by atoms with Crippen LogP contribution in [0, 0.1) is 0 Å². The summed E-state index contributed by atoms with van der Waals surface area (Å²) in [4.78, 5) is 18.1. The fourth-order valence-electron chi connectivity index (χ4n) is 2.00. The van der Waals surface area contributed by atoms with Gasteiger partial charge in [0.1, 0.15) is 11.9 Å². The van der Waals surface area contributed by atoms with Gasteiger partial charge in [0, 0.05) is 20.6 Å². The van der Waals surface area contributed by atoms with E-state index >= 15 is 0 Å². The topological polar surface area (TPSA) is 80.5 Å². The molecule has 0 saturated carbocycles. The minimum atomic E-state index is -0.413. The maximum atomic E-state index is 12.0. The number of nitrogens with zero attached hydrogens (tertiary/aromatic N) is 2. The van der Waals surface area contributed by atoms with Crippen molar-refractivity contribution in [3.63, 3.8) is 0 Å². The van der Waals surface area contributed by atoms with Crippen LogP contribution < -0.4 is 16.0 Å². The minimum Gasteiger partial charge on any atom is -0.376 e. The van der Waals surface area contributed by atoms with Crippen molar-refractivity contribution in [2.45, 2.75) is 25.0 Å². The van der Waals surface area contributed by atoms with Crippen LogP contribution in [-0.2, 0) is 9.53 Å². The van der Waals surface area contributed by atoms with Crippen molar-refractivity contribution < 1.29 is 9.53 Å². The van der Waals surface area contributed by atoms with E-state index in [4.69, 9.17) is 10.5 Å². The summed E-state index contributed by atoms with van der Waals surface area (Å²) in [6, 6.07) is 3.68. The molecule has 1 aromatic heterocycles. The molecule has 2 atom stereocenters.